The Kier molecular flexibility index (Phi) is 7.27. The number of rotatable bonds is 7. The molecule has 0 aliphatic heterocycles. The van der Waals surface area contributed by atoms with E-state index in [-0.39, 0.29) is 11.4 Å². The lowest BCUT2D eigenvalue weighted by atomic mass is 9.92. The normalized spacial score (nSPS) is 11.4. The summed E-state index contributed by atoms with van der Waals surface area (Å²) >= 11 is 0. The number of anilines is 2. The predicted octanol–water partition coefficient (Wildman–Crippen LogP) is 6.69. The topological polar surface area (TPSA) is 94.0 Å². The van der Waals surface area contributed by atoms with Gasteiger partial charge in [0.25, 0.3) is 0 Å². The number of aromatic nitrogens is 4. The average molecular weight is 521 g/mol. The Morgan fingerprint density at radius 1 is 0.923 bits per heavy atom. The third-order valence-corrected chi connectivity index (χ3v) is 6.33. The molecule has 0 aliphatic carbocycles. The zero-order chi connectivity index (χ0) is 27.4. The highest BCUT2D eigenvalue weighted by Crippen LogP contribution is 2.32. The summed E-state index contributed by atoms with van der Waals surface area (Å²) in [5, 5.41) is 12.6. The van der Waals surface area contributed by atoms with Crippen molar-refractivity contribution in [2.45, 2.75) is 39.5 Å². The van der Waals surface area contributed by atoms with E-state index in [1.54, 1.807) is 17.1 Å². The molecule has 2 N–H and O–H groups in total. The van der Waals surface area contributed by atoms with Crippen LogP contribution in [-0.4, -0.2) is 32.4 Å². The fourth-order valence-corrected chi connectivity index (χ4v) is 4.21. The largest absolute Gasteiger partial charge is 0.493 e. The summed E-state index contributed by atoms with van der Waals surface area (Å²) in [6, 6.07) is 22.8. The molecule has 8 heteroatoms. The van der Waals surface area contributed by atoms with Gasteiger partial charge < -0.3 is 10.1 Å². The first kappa shape index (κ1) is 25.9. The number of pyridine rings is 2. The van der Waals surface area contributed by atoms with Crippen molar-refractivity contribution >= 4 is 28.3 Å². The molecule has 0 saturated heterocycles. The van der Waals surface area contributed by atoms with Gasteiger partial charge in [0.05, 0.1) is 29.9 Å². The number of amides is 2. The van der Waals surface area contributed by atoms with Gasteiger partial charge in [0.1, 0.15) is 11.6 Å². The van der Waals surface area contributed by atoms with Crippen LogP contribution in [-0.2, 0) is 11.8 Å². The standard InChI is InChI=1S/C31H32N6O2/c1-21-12-13-23(20-33-21)37-29(19-28(36-37)31(2,3)4)35-30(38)34-26-14-15-27(25-11-6-5-10-24(25)26)39-18-16-22-9-7-8-17-32-22/h5-15,17,19-20H,16,18H2,1-4H3,(H2,34,35,38). The number of nitrogens with zero attached hydrogens (tertiary/aromatic N) is 4. The van der Waals surface area contributed by atoms with Gasteiger partial charge in [-0.25, -0.2) is 9.48 Å². The van der Waals surface area contributed by atoms with Crippen molar-refractivity contribution < 1.29 is 9.53 Å². The first-order chi connectivity index (χ1) is 18.8. The van der Waals surface area contributed by atoms with E-state index in [2.05, 4.69) is 41.4 Å². The number of aryl methyl sites for hydroxylation is 1. The molecule has 5 rings (SSSR count). The smallest absolute Gasteiger partial charge is 0.324 e. The summed E-state index contributed by atoms with van der Waals surface area (Å²) in [5.74, 6) is 1.31. The van der Waals surface area contributed by atoms with Gasteiger partial charge >= 0.3 is 6.03 Å². The first-order valence-electron chi connectivity index (χ1n) is 12.9. The van der Waals surface area contributed by atoms with E-state index in [0.717, 1.165) is 39.3 Å². The Bertz CT molecular complexity index is 1590. The van der Waals surface area contributed by atoms with Gasteiger partial charge in [-0.2, -0.15) is 5.10 Å². The van der Waals surface area contributed by atoms with Crippen molar-refractivity contribution in [1.29, 1.82) is 0 Å². The first-order valence-corrected chi connectivity index (χ1v) is 12.9. The second kappa shape index (κ2) is 10.9. The Labute approximate surface area is 228 Å². The molecule has 39 heavy (non-hydrogen) atoms. The number of carbonyl (C=O) groups is 1. The summed E-state index contributed by atoms with van der Waals surface area (Å²) in [5.41, 5.74) is 4.00. The van der Waals surface area contributed by atoms with Crippen LogP contribution in [0.2, 0.25) is 0 Å². The lowest BCUT2D eigenvalue weighted by molar-refractivity contribution is 0.262. The van der Waals surface area contributed by atoms with Crippen LogP contribution in [0.4, 0.5) is 16.3 Å². The Morgan fingerprint density at radius 3 is 2.44 bits per heavy atom. The molecule has 0 spiro atoms. The highest BCUT2D eigenvalue weighted by atomic mass is 16.5. The molecular formula is C31H32N6O2. The van der Waals surface area contributed by atoms with Crippen LogP contribution in [0.25, 0.3) is 16.5 Å². The third kappa shape index (κ3) is 6.06. The Balaban J connectivity index is 1.36. The lowest BCUT2D eigenvalue weighted by Crippen LogP contribution is -2.21. The van der Waals surface area contributed by atoms with E-state index >= 15 is 0 Å². The van der Waals surface area contributed by atoms with Crippen LogP contribution >= 0.6 is 0 Å². The van der Waals surface area contributed by atoms with Crippen LogP contribution in [0.15, 0.2) is 85.2 Å². The van der Waals surface area contributed by atoms with Gasteiger partial charge in [-0.3, -0.25) is 15.3 Å². The van der Waals surface area contributed by atoms with Crippen LogP contribution < -0.4 is 15.4 Å². The number of ether oxygens (including phenoxy) is 1. The van der Waals surface area contributed by atoms with Crippen LogP contribution in [0.5, 0.6) is 5.75 Å². The van der Waals surface area contributed by atoms with E-state index in [1.807, 2.05) is 79.7 Å². The summed E-state index contributed by atoms with van der Waals surface area (Å²) < 4.78 is 7.81. The minimum Gasteiger partial charge on any atom is -0.493 e. The monoisotopic (exact) mass is 520 g/mol. The second-order valence-corrected chi connectivity index (χ2v) is 10.4. The molecule has 0 radical (unpaired) electrons. The number of nitrogens with one attached hydrogen (secondary N) is 2. The highest BCUT2D eigenvalue weighted by Gasteiger charge is 2.22. The average Bonchev–Trinajstić information content (AvgIpc) is 3.35. The fourth-order valence-electron chi connectivity index (χ4n) is 4.21. The van der Waals surface area contributed by atoms with E-state index < -0.39 is 0 Å². The van der Waals surface area contributed by atoms with Crippen LogP contribution in [0.3, 0.4) is 0 Å². The molecule has 0 unspecified atom stereocenters. The highest BCUT2D eigenvalue weighted by molar-refractivity contribution is 6.07. The van der Waals surface area contributed by atoms with Gasteiger partial charge in [-0.05, 0) is 43.3 Å². The molecule has 0 bridgehead atoms. The summed E-state index contributed by atoms with van der Waals surface area (Å²) in [4.78, 5) is 22.0. The van der Waals surface area contributed by atoms with Crippen molar-refractivity contribution in [3.05, 3.63) is 102 Å². The second-order valence-electron chi connectivity index (χ2n) is 10.4. The van der Waals surface area contributed by atoms with Gasteiger partial charge in [0.2, 0.25) is 0 Å². The minimum absolute atomic E-state index is 0.196. The number of carbonyl (C=O) groups excluding carboxylic acids is 1. The van der Waals surface area contributed by atoms with Gasteiger partial charge in [-0.1, -0.05) is 51.1 Å². The zero-order valence-electron chi connectivity index (χ0n) is 22.6. The fraction of sp³-hybridized carbons (Fsp3) is 0.226. The molecule has 3 heterocycles. The van der Waals surface area contributed by atoms with Crippen molar-refractivity contribution in [3.8, 4) is 11.4 Å². The number of fused-ring (bicyclic) bond motifs is 1. The SMILES string of the molecule is Cc1ccc(-n2nc(C(C)(C)C)cc2NC(=O)Nc2ccc(OCCc3ccccn3)c3ccccc23)cn1. The summed E-state index contributed by atoms with van der Waals surface area (Å²) in [6.07, 6.45) is 4.24. The van der Waals surface area contributed by atoms with E-state index in [0.29, 0.717) is 24.5 Å². The minimum atomic E-state index is -0.370. The van der Waals surface area contributed by atoms with Crippen LogP contribution in [0, 0.1) is 6.92 Å². The Hall–Kier alpha value is -4.72. The quantitative estimate of drug-likeness (QED) is 0.249. The van der Waals surface area contributed by atoms with Gasteiger partial charge in [0.15, 0.2) is 0 Å². The lowest BCUT2D eigenvalue weighted by Gasteiger charge is -2.14. The van der Waals surface area contributed by atoms with Crippen molar-refractivity contribution in [2.24, 2.45) is 0 Å². The molecule has 5 aromatic rings. The molecule has 2 amide bonds. The van der Waals surface area contributed by atoms with Crippen molar-refractivity contribution in [1.82, 2.24) is 19.7 Å². The van der Waals surface area contributed by atoms with Gasteiger partial charge in [-0.15, -0.1) is 0 Å². The molecule has 198 valence electrons. The molecular weight excluding hydrogens is 488 g/mol. The molecule has 0 aliphatic rings. The van der Waals surface area contributed by atoms with Gasteiger partial charge in [0, 0.05) is 46.3 Å². The zero-order valence-corrected chi connectivity index (χ0v) is 22.6. The van der Waals surface area contributed by atoms with Crippen LogP contribution in [0.1, 0.15) is 37.9 Å². The molecule has 2 aromatic carbocycles. The number of hydrogen-bond donors (Lipinski definition) is 2. The Morgan fingerprint density at radius 2 is 1.72 bits per heavy atom. The number of benzene rings is 2. The van der Waals surface area contributed by atoms with Crippen molar-refractivity contribution in [3.63, 3.8) is 0 Å². The molecule has 3 aromatic heterocycles. The summed E-state index contributed by atoms with van der Waals surface area (Å²) in [6.45, 7) is 8.69. The maximum atomic E-state index is 13.2. The number of urea groups is 1. The molecule has 0 fully saturated rings. The van der Waals surface area contributed by atoms with E-state index in [1.165, 1.54) is 0 Å². The molecule has 8 nitrogen and oxygen atoms in total. The molecule has 0 saturated carbocycles. The van der Waals surface area contributed by atoms with E-state index in [4.69, 9.17) is 9.84 Å². The van der Waals surface area contributed by atoms with Crippen molar-refractivity contribution in [2.75, 3.05) is 17.2 Å². The summed E-state index contributed by atoms with van der Waals surface area (Å²) in [7, 11) is 0. The maximum Gasteiger partial charge on any atom is 0.324 e. The van der Waals surface area contributed by atoms with E-state index in [9.17, 15) is 4.79 Å². The predicted molar refractivity (Wildman–Crippen MR) is 155 cm³/mol. The molecule has 0 atom stereocenters. The number of hydrogen-bond acceptors (Lipinski definition) is 5. The third-order valence-electron chi connectivity index (χ3n) is 6.33. The maximum absolute atomic E-state index is 13.2.